The van der Waals surface area contributed by atoms with E-state index in [9.17, 15) is 19.2 Å². The third kappa shape index (κ3) is 29.8. The molecule has 0 radical (unpaired) electrons. The summed E-state index contributed by atoms with van der Waals surface area (Å²) in [6.45, 7) is 7.01. The summed E-state index contributed by atoms with van der Waals surface area (Å²) in [5.41, 5.74) is 0. The Hall–Kier alpha value is -2.20. The second-order valence-corrected chi connectivity index (χ2v) is 6.84. The van der Waals surface area contributed by atoms with Crippen molar-refractivity contribution in [2.75, 3.05) is 46.2 Å². The van der Waals surface area contributed by atoms with Crippen LogP contribution in [0.2, 0.25) is 0 Å². The highest BCUT2D eigenvalue weighted by molar-refractivity contribution is 5.77. The number of hydrogen-bond acceptors (Lipinski definition) is 10. The second-order valence-electron chi connectivity index (χ2n) is 6.84. The first-order valence-electron chi connectivity index (χ1n) is 9.64. The Morgan fingerprint density at radius 3 is 1.52 bits per heavy atom. The highest BCUT2D eigenvalue weighted by atomic mass is 16.6. The Morgan fingerprint density at radius 1 is 0.636 bits per heavy atom. The molecule has 10 heteroatoms. The van der Waals surface area contributed by atoms with Crippen LogP contribution in [0.5, 0.6) is 0 Å². The van der Waals surface area contributed by atoms with Crippen molar-refractivity contribution in [2.24, 2.45) is 5.92 Å². The molecular formula is C23H49NO9. The molecular weight excluding hydrogens is 434 g/mol. The topological polar surface area (TPSA) is 126 Å². The largest absolute Gasteiger partial charge is 0.461 e. The molecule has 200 valence electrons. The molecule has 0 aromatic heterocycles. The van der Waals surface area contributed by atoms with E-state index >= 15 is 0 Å². The first kappa shape index (κ1) is 41.1. The molecule has 0 rings (SSSR count). The van der Waals surface area contributed by atoms with E-state index in [1.165, 1.54) is 0 Å². The molecule has 10 nitrogen and oxygen atoms in total. The zero-order chi connectivity index (χ0) is 22.1. The third-order valence-electron chi connectivity index (χ3n) is 3.26. The van der Waals surface area contributed by atoms with Crippen LogP contribution in [0.25, 0.3) is 0 Å². The van der Waals surface area contributed by atoms with Crippen molar-refractivity contribution in [3.63, 3.8) is 0 Å². The molecule has 0 aliphatic heterocycles. The lowest BCUT2D eigenvalue weighted by atomic mass is 10.1. The average Bonchev–Trinajstić information content (AvgIpc) is 2.66. The number of carbonyl (C=O) groups excluding carboxylic acids is 4. The molecule has 0 amide bonds. The van der Waals surface area contributed by atoms with E-state index in [1.807, 2.05) is 27.7 Å². The van der Waals surface area contributed by atoms with Gasteiger partial charge in [0.25, 0.3) is 0 Å². The summed E-state index contributed by atoms with van der Waals surface area (Å²) >= 11 is 0. The molecule has 1 N–H and O–H groups in total. The zero-order valence-electron chi connectivity index (χ0n) is 17.7. The van der Waals surface area contributed by atoms with Crippen molar-refractivity contribution >= 4 is 23.9 Å². The molecule has 0 bridgehead atoms. The van der Waals surface area contributed by atoms with Crippen LogP contribution < -0.4 is 5.32 Å². The summed E-state index contributed by atoms with van der Waals surface area (Å²) in [7, 11) is 0. The van der Waals surface area contributed by atoms with Crippen LogP contribution in [-0.2, 0) is 42.9 Å². The van der Waals surface area contributed by atoms with Gasteiger partial charge < -0.3 is 29.0 Å². The maximum absolute atomic E-state index is 11.4. The van der Waals surface area contributed by atoms with Gasteiger partial charge in [0.15, 0.2) is 13.2 Å². The van der Waals surface area contributed by atoms with Crippen molar-refractivity contribution < 1.29 is 42.9 Å². The van der Waals surface area contributed by atoms with Gasteiger partial charge >= 0.3 is 23.9 Å². The van der Waals surface area contributed by atoms with E-state index < -0.39 is 37.1 Å². The minimum atomic E-state index is -0.683. The van der Waals surface area contributed by atoms with Crippen LogP contribution in [0.1, 0.15) is 70.2 Å². The molecule has 0 spiro atoms. The molecule has 0 saturated heterocycles. The Kier molecular flexibility index (Phi) is 32.4. The lowest BCUT2D eigenvalue weighted by molar-refractivity contribution is -0.161. The molecule has 0 aliphatic carbocycles. The van der Waals surface area contributed by atoms with Gasteiger partial charge in [-0.05, 0) is 12.3 Å². The molecule has 0 aromatic carbocycles. The molecule has 0 saturated carbocycles. The van der Waals surface area contributed by atoms with Gasteiger partial charge in [-0.3, -0.25) is 9.59 Å². The standard InChI is InChI=1S/C19H33NO9.4CH4/c1-14(2)5-6-16(21)28-12-18(23)26-9-7-25-8-10-27-19(24)13-29-17(22)11-20-15(3)4;;;;/h14-15,20H,5-13H2,1-4H3;4*1H4. The van der Waals surface area contributed by atoms with Crippen LogP contribution in [0, 0.1) is 5.92 Å². The number of hydrogen-bond donors (Lipinski definition) is 1. The fourth-order valence-corrected chi connectivity index (χ4v) is 1.71. The van der Waals surface area contributed by atoms with Crippen LogP contribution in [0.3, 0.4) is 0 Å². The molecule has 0 unspecified atom stereocenters. The Morgan fingerprint density at radius 2 is 1.09 bits per heavy atom. The van der Waals surface area contributed by atoms with Gasteiger partial charge in [0.05, 0.1) is 19.8 Å². The maximum atomic E-state index is 11.4. The summed E-state index contributed by atoms with van der Waals surface area (Å²) in [6.07, 6.45) is 0.963. The van der Waals surface area contributed by atoms with E-state index in [-0.39, 0.29) is 75.1 Å². The molecule has 0 atom stereocenters. The van der Waals surface area contributed by atoms with E-state index in [0.717, 1.165) is 0 Å². The first-order valence-corrected chi connectivity index (χ1v) is 9.64. The van der Waals surface area contributed by atoms with Gasteiger partial charge in [-0.15, -0.1) is 0 Å². The van der Waals surface area contributed by atoms with Crippen molar-refractivity contribution in [2.45, 2.75) is 76.3 Å². The normalized spacial score (nSPS) is 9.39. The summed E-state index contributed by atoms with van der Waals surface area (Å²) in [5, 5.41) is 2.86. The third-order valence-corrected chi connectivity index (χ3v) is 3.26. The van der Waals surface area contributed by atoms with Crippen LogP contribution >= 0.6 is 0 Å². The number of carbonyl (C=O) groups is 4. The number of esters is 4. The predicted octanol–water partition coefficient (Wildman–Crippen LogP) is 3.15. The molecule has 0 aromatic rings. The van der Waals surface area contributed by atoms with Crippen molar-refractivity contribution in [1.82, 2.24) is 5.32 Å². The Balaban J connectivity index is -0.000000653. The summed E-state index contributed by atoms with van der Waals surface area (Å²) in [5.74, 6) is -1.94. The predicted molar refractivity (Wildman–Crippen MR) is 129 cm³/mol. The van der Waals surface area contributed by atoms with Gasteiger partial charge in [-0.25, -0.2) is 9.59 Å². The lowest BCUT2D eigenvalue weighted by Crippen LogP contribution is -2.31. The van der Waals surface area contributed by atoms with Crippen molar-refractivity contribution in [1.29, 1.82) is 0 Å². The van der Waals surface area contributed by atoms with E-state index in [0.29, 0.717) is 12.3 Å². The number of ether oxygens (including phenoxy) is 5. The fraction of sp³-hybridized carbons (Fsp3) is 0.826. The van der Waals surface area contributed by atoms with Gasteiger partial charge in [0.1, 0.15) is 13.2 Å². The smallest absolute Gasteiger partial charge is 0.344 e. The molecule has 33 heavy (non-hydrogen) atoms. The molecule has 0 fully saturated rings. The van der Waals surface area contributed by atoms with Crippen molar-refractivity contribution in [3.05, 3.63) is 0 Å². The minimum absolute atomic E-state index is 0. The molecule has 0 heterocycles. The average molecular weight is 484 g/mol. The second kappa shape index (κ2) is 26.1. The van der Waals surface area contributed by atoms with E-state index in [1.54, 1.807) is 0 Å². The molecule has 0 aliphatic rings. The highest BCUT2D eigenvalue weighted by Crippen LogP contribution is 2.04. The van der Waals surface area contributed by atoms with E-state index in [2.05, 4.69) is 5.32 Å². The summed E-state index contributed by atoms with van der Waals surface area (Å²) < 4.78 is 24.3. The van der Waals surface area contributed by atoms with E-state index in [4.69, 9.17) is 23.7 Å². The monoisotopic (exact) mass is 483 g/mol. The van der Waals surface area contributed by atoms with Crippen molar-refractivity contribution in [3.8, 4) is 0 Å². The van der Waals surface area contributed by atoms with Crippen LogP contribution in [0.4, 0.5) is 0 Å². The number of rotatable bonds is 16. The van der Waals surface area contributed by atoms with Gasteiger partial charge in [-0.1, -0.05) is 57.4 Å². The van der Waals surface area contributed by atoms with Crippen LogP contribution in [-0.4, -0.2) is 76.1 Å². The highest BCUT2D eigenvalue weighted by Gasteiger charge is 2.10. The zero-order valence-corrected chi connectivity index (χ0v) is 17.7. The lowest BCUT2D eigenvalue weighted by Gasteiger charge is -2.09. The summed E-state index contributed by atoms with van der Waals surface area (Å²) in [6, 6.07) is 0.135. The SMILES string of the molecule is C.C.C.C.CC(C)CCC(=O)OCC(=O)OCCOCCOC(=O)COC(=O)CNC(C)C. The van der Waals surface area contributed by atoms with Gasteiger partial charge in [0, 0.05) is 12.5 Å². The Bertz CT molecular complexity index is 464. The maximum Gasteiger partial charge on any atom is 0.344 e. The Labute approximate surface area is 201 Å². The number of nitrogens with one attached hydrogen (secondary N) is 1. The summed E-state index contributed by atoms with van der Waals surface area (Å²) in [4.78, 5) is 45.5. The quantitative estimate of drug-likeness (QED) is 0.199. The fourth-order valence-electron chi connectivity index (χ4n) is 1.71. The van der Waals surface area contributed by atoms with Crippen LogP contribution in [0.15, 0.2) is 0 Å². The van der Waals surface area contributed by atoms with Gasteiger partial charge in [-0.2, -0.15) is 0 Å². The van der Waals surface area contributed by atoms with Gasteiger partial charge in [0.2, 0.25) is 0 Å². The minimum Gasteiger partial charge on any atom is -0.461 e. The first-order chi connectivity index (χ1) is 13.7.